The lowest BCUT2D eigenvalue weighted by molar-refractivity contribution is -0.131. The summed E-state index contributed by atoms with van der Waals surface area (Å²) in [5.74, 6) is 1.89. The Hall–Kier alpha value is -2.51. The van der Waals surface area contributed by atoms with E-state index in [1.807, 2.05) is 58.0 Å². The summed E-state index contributed by atoms with van der Waals surface area (Å²) in [5, 5.41) is 10.1. The Labute approximate surface area is 172 Å². The molecule has 0 spiro atoms. The molecule has 1 saturated heterocycles. The maximum absolute atomic E-state index is 12.3. The molecule has 4 rings (SSSR count). The maximum Gasteiger partial charge on any atom is 0.233 e. The van der Waals surface area contributed by atoms with E-state index in [0.29, 0.717) is 21.8 Å². The smallest absolute Gasteiger partial charge is 0.233 e. The van der Waals surface area contributed by atoms with Crippen molar-refractivity contribution in [2.45, 2.75) is 11.6 Å². The van der Waals surface area contributed by atoms with Crippen molar-refractivity contribution in [3.8, 4) is 22.8 Å². The fourth-order valence-electron chi connectivity index (χ4n) is 2.92. The second-order valence-electron chi connectivity index (χ2n) is 6.37. The first-order valence-corrected chi connectivity index (χ1v) is 10.3. The molecule has 28 heavy (non-hydrogen) atoms. The van der Waals surface area contributed by atoms with Crippen molar-refractivity contribution in [3.63, 3.8) is 0 Å². The molecule has 8 heteroatoms. The first kappa shape index (κ1) is 18.8. The molecule has 2 heterocycles. The van der Waals surface area contributed by atoms with Gasteiger partial charge in [0.1, 0.15) is 5.75 Å². The van der Waals surface area contributed by atoms with Gasteiger partial charge in [-0.15, -0.1) is 10.2 Å². The Balaban J connectivity index is 1.70. The number of carbonyl (C=O) groups is 1. The number of likely N-dealkylation sites (tertiary alicyclic amines) is 1. The third kappa shape index (κ3) is 3.86. The van der Waals surface area contributed by atoms with Gasteiger partial charge in [0.05, 0.1) is 12.9 Å². The molecule has 1 aromatic heterocycles. The predicted molar refractivity (Wildman–Crippen MR) is 110 cm³/mol. The van der Waals surface area contributed by atoms with Gasteiger partial charge in [-0.25, -0.2) is 0 Å². The number of hydrogen-bond donors (Lipinski definition) is 0. The number of amides is 1. The van der Waals surface area contributed by atoms with Crippen LogP contribution in [0.15, 0.2) is 53.7 Å². The van der Waals surface area contributed by atoms with Crippen LogP contribution in [0.3, 0.4) is 0 Å². The summed E-state index contributed by atoms with van der Waals surface area (Å²) < 4.78 is 7.28. The Kier molecular flexibility index (Phi) is 5.54. The van der Waals surface area contributed by atoms with E-state index in [2.05, 4.69) is 10.2 Å². The van der Waals surface area contributed by atoms with E-state index in [4.69, 9.17) is 16.3 Å². The molecule has 6 nitrogen and oxygen atoms in total. The number of hydrogen-bond acceptors (Lipinski definition) is 5. The fraction of sp³-hybridized carbons (Fsp3) is 0.250. The quantitative estimate of drug-likeness (QED) is 0.572. The first-order chi connectivity index (χ1) is 13.7. The summed E-state index contributed by atoms with van der Waals surface area (Å²) in [5.41, 5.74) is 1.76. The third-order valence-electron chi connectivity index (χ3n) is 4.58. The largest absolute Gasteiger partial charge is 0.497 e. The first-order valence-electron chi connectivity index (χ1n) is 8.92. The van der Waals surface area contributed by atoms with Gasteiger partial charge in [0.2, 0.25) is 5.91 Å². The minimum atomic E-state index is 0.129. The van der Waals surface area contributed by atoms with Gasteiger partial charge in [0, 0.05) is 29.4 Å². The molecule has 144 valence electrons. The maximum atomic E-state index is 12.3. The zero-order valence-electron chi connectivity index (χ0n) is 15.3. The van der Waals surface area contributed by atoms with Crippen LogP contribution in [0.25, 0.3) is 17.1 Å². The second kappa shape index (κ2) is 8.24. The van der Waals surface area contributed by atoms with E-state index in [-0.39, 0.29) is 5.91 Å². The van der Waals surface area contributed by atoms with Crippen molar-refractivity contribution in [1.82, 2.24) is 19.7 Å². The number of halogens is 1. The lowest BCUT2D eigenvalue weighted by atomic mass is 10.2. The second-order valence-corrected chi connectivity index (χ2v) is 7.75. The molecule has 1 fully saturated rings. The molecule has 3 aromatic rings. The van der Waals surface area contributed by atoms with E-state index in [1.165, 1.54) is 11.8 Å². The van der Waals surface area contributed by atoms with Gasteiger partial charge in [-0.3, -0.25) is 9.36 Å². The third-order valence-corrected chi connectivity index (χ3v) is 5.75. The molecule has 1 aliphatic heterocycles. The lowest BCUT2D eigenvalue weighted by Gasteiger charge is -2.30. The topological polar surface area (TPSA) is 60.3 Å². The van der Waals surface area contributed by atoms with Gasteiger partial charge in [-0.2, -0.15) is 0 Å². The molecule has 0 radical (unpaired) electrons. The van der Waals surface area contributed by atoms with Crippen LogP contribution >= 0.6 is 23.4 Å². The van der Waals surface area contributed by atoms with Gasteiger partial charge >= 0.3 is 0 Å². The standard InChI is InChI=1S/C20H19ClN4O2S/c1-27-17-5-2-4-14(12-17)19-22-23-20(28-13-18(26)24-10-3-11-24)25(19)16-8-6-15(21)7-9-16/h2,4-9,12H,3,10-11,13H2,1H3. The molecule has 1 amide bonds. The molecule has 0 aliphatic carbocycles. The van der Waals surface area contributed by atoms with Crippen LogP contribution in [0.1, 0.15) is 6.42 Å². The molecular formula is C20H19ClN4O2S. The van der Waals surface area contributed by atoms with E-state index in [9.17, 15) is 4.79 Å². The highest BCUT2D eigenvalue weighted by Gasteiger charge is 2.22. The van der Waals surface area contributed by atoms with E-state index in [0.717, 1.165) is 36.5 Å². The normalized spacial score (nSPS) is 13.3. The van der Waals surface area contributed by atoms with Gasteiger partial charge < -0.3 is 9.64 Å². The van der Waals surface area contributed by atoms with Crippen molar-refractivity contribution in [3.05, 3.63) is 53.6 Å². The highest BCUT2D eigenvalue weighted by molar-refractivity contribution is 7.99. The SMILES string of the molecule is COc1cccc(-c2nnc(SCC(=O)N3CCC3)n2-c2ccc(Cl)cc2)c1. The number of carbonyl (C=O) groups excluding carboxylic acids is 1. The van der Waals surface area contributed by atoms with Crippen molar-refractivity contribution < 1.29 is 9.53 Å². The minimum absolute atomic E-state index is 0.129. The molecule has 0 saturated carbocycles. The van der Waals surface area contributed by atoms with Gasteiger partial charge in [0.15, 0.2) is 11.0 Å². The van der Waals surface area contributed by atoms with Gasteiger partial charge in [0.25, 0.3) is 0 Å². The zero-order chi connectivity index (χ0) is 19.5. The van der Waals surface area contributed by atoms with Crippen LogP contribution < -0.4 is 4.74 Å². The van der Waals surface area contributed by atoms with Crippen LogP contribution in [0.2, 0.25) is 5.02 Å². The van der Waals surface area contributed by atoms with Crippen molar-refractivity contribution >= 4 is 29.3 Å². The lowest BCUT2D eigenvalue weighted by Crippen LogP contribution is -2.43. The van der Waals surface area contributed by atoms with Crippen molar-refractivity contribution in [2.24, 2.45) is 0 Å². The Bertz CT molecular complexity index is 986. The Morgan fingerprint density at radius 2 is 1.96 bits per heavy atom. The average molecular weight is 415 g/mol. The van der Waals surface area contributed by atoms with Gasteiger partial charge in [-0.05, 0) is 42.8 Å². The zero-order valence-corrected chi connectivity index (χ0v) is 16.9. The van der Waals surface area contributed by atoms with Gasteiger partial charge in [-0.1, -0.05) is 35.5 Å². The molecule has 0 unspecified atom stereocenters. The number of benzene rings is 2. The fourth-order valence-corrected chi connectivity index (χ4v) is 3.90. The van der Waals surface area contributed by atoms with Crippen LogP contribution in [0, 0.1) is 0 Å². The van der Waals surface area contributed by atoms with Crippen LogP contribution in [-0.4, -0.2) is 51.5 Å². The van der Waals surface area contributed by atoms with E-state index < -0.39 is 0 Å². The van der Waals surface area contributed by atoms with E-state index in [1.54, 1.807) is 7.11 Å². The van der Waals surface area contributed by atoms with Crippen molar-refractivity contribution in [1.29, 1.82) is 0 Å². The number of thioether (sulfide) groups is 1. The summed E-state index contributed by atoms with van der Waals surface area (Å²) in [6.45, 7) is 1.69. The summed E-state index contributed by atoms with van der Waals surface area (Å²) in [4.78, 5) is 14.1. The monoisotopic (exact) mass is 414 g/mol. The highest BCUT2D eigenvalue weighted by Crippen LogP contribution is 2.30. The summed E-state index contributed by atoms with van der Waals surface area (Å²) in [6, 6.07) is 15.1. The van der Waals surface area contributed by atoms with Crippen LogP contribution in [0.5, 0.6) is 5.75 Å². The van der Waals surface area contributed by atoms with Crippen LogP contribution in [-0.2, 0) is 4.79 Å². The Morgan fingerprint density at radius 1 is 1.18 bits per heavy atom. The molecule has 0 atom stereocenters. The molecule has 1 aliphatic rings. The Morgan fingerprint density at radius 3 is 2.64 bits per heavy atom. The number of rotatable bonds is 6. The highest BCUT2D eigenvalue weighted by atomic mass is 35.5. The van der Waals surface area contributed by atoms with Crippen molar-refractivity contribution in [2.75, 3.05) is 26.0 Å². The summed E-state index contributed by atoms with van der Waals surface area (Å²) >= 11 is 7.45. The molecule has 0 N–H and O–H groups in total. The number of nitrogens with zero attached hydrogens (tertiary/aromatic N) is 4. The van der Waals surface area contributed by atoms with E-state index >= 15 is 0 Å². The predicted octanol–water partition coefficient (Wildman–Crippen LogP) is 3.92. The number of aromatic nitrogens is 3. The number of ether oxygens (including phenoxy) is 1. The molecule has 2 aromatic carbocycles. The molecular weight excluding hydrogens is 396 g/mol. The summed E-state index contributed by atoms with van der Waals surface area (Å²) in [6.07, 6.45) is 1.08. The van der Waals surface area contributed by atoms with Crippen LogP contribution in [0.4, 0.5) is 0 Å². The average Bonchev–Trinajstić information content (AvgIpc) is 3.09. The molecule has 0 bridgehead atoms. The minimum Gasteiger partial charge on any atom is -0.497 e. The number of methoxy groups -OCH3 is 1. The summed E-state index contributed by atoms with van der Waals surface area (Å²) in [7, 11) is 1.63.